The number of carbonyl (C=O) groups is 1. The molecule has 3 heterocycles. The zero-order chi connectivity index (χ0) is 19.7. The predicted octanol–water partition coefficient (Wildman–Crippen LogP) is 1.09. The van der Waals surface area contributed by atoms with Gasteiger partial charge in [-0.25, -0.2) is 13.4 Å². The van der Waals surface area contributed by atoms with Crippen LogP contribution in [0.5, 0.6) is 0 Å². The molecule has 1 aromatic carbocycles. The van der Waals surface area contributed by atoms with Crippen molar-refractivity contribution in [1.82, 2.24) is 9.88 Å². The Labute approximate surface area is 170 Å². The number of para-hydroxylation sites is 1. The number of nitrogens with one attached hydrogen (secondary N) is 1. The normalized spacial score (nSPS) is 27.1. The maximum Gasteiger partial charge on any atom is 0.278 e. The summed E-state index contributed by atoms with van der Waals surface area (Å²) in [5, 5.41) is 1.22. The molecule has 0 spiro atoms. The van der Waals surface area contributed by atoms with Crippen LogP contribution in [-0.2, 0) is 14.6 Å². The van der Waals surface area contributed by atoms with Crippen LogP contribution in [0.1, 0.15) is 37.1 Å². The number of rotatable bonds is 5. The summed E-state index contributed by atoms with van der Waals surface area (Å²) in [6.07, 6.45) is 2.68. The van der Waals surface area contributed by atoms with Gasteiger partial charge in [-0.1, -0.05) is 12.1 Å². The molecule has 2 fully saturated rings. The number of sulfone groups is 1. The monoisotopic (exact) mass is 422 g/mol. The second kappa shape index (κ2) is 8.08. The van der Waals surface area contributed by atoms with Gasteiger partial charge >= 0.3 is 0 Å². The highest BCUT2D eigenvalue weighted by Crippen LogP contribution is 2.31. The van der Waals surface area contributed by atoms with E-state index in [9.17, 15) is 13.2 Å². The molecule has 0 unspecified atom stereocenters. The van der Waals surface area contributed by atoms with E-state index in [-0.39, 0.29) is 23.5 Å². The molecule has 1 aromatic heterocycles. The van der Waals surface area contributed by atoms with Gasteiger partial charge in [0.1, 0.15) is 0 Å². The predicted molar refractivity (Wildman–Crippen MR) is 112 cm³/mol. The first kappa shape index (κ1) is 19.8. The third-order valence-electron chi connectivity index (χ3n) is 6.06. The lowest BCUT2D eigenvalue weighted by Gasteiger charge is -2.31. The van der Waals surface area contributed by atoms with Gasteiger partial charge < -0.3 is 9.80 Å². The Morgan fingerprint density at radius 1 is 1.25 bits per heavy atom. The quantitative estimate of drug-likeness (QED) is 0.783. The molecule has 0 radical (unpaired) electrons. The van der Waals surface area contributed by atoms with Gasteiger partial charge in [-0.2, -0.15) is 0 Å². The van der Waals surface area contributed by atoms with E-state index in [0.717, 1.165) is 31.4 Å². The number of aromatic nitrogens is 1. The van der Waals surface area contributed by atoms with E-state index in [1.165, 1.54) is 14.6 Å². The topological polar surface area (TPSA) is 71.8 Å². The summed E-state index contributed by atoms with van der Waals surface area (Å²) in [5.74, 6) is 0.917. The first-order chi connectivity index (χ1) is 13.4. The fourth-order valence-corrected chi connectivity index (χ4v) is 7.36. The number of thiazole rings is 1. The second-order valence-corrected chi connectivity index (χ2v) is 11.2. The zero-order valence-electron chi connectivity index (χ0n) is 16.3. The number of hydrogen-bond acceptors (Lipinski definition) is 5. The molecule has 8 heteroatoms. The van der Waals surface area contributed by atoms with Crippen LogP contribution >= 0.6 is 11.3 Å². The van der Waals surface area contributed by atoms with Crippen molar-refractivity contribution in [2.75, 3.05) is 37.7 Å². The molecule has 2 aliphatic rings. The largest absolute Gasteiger partial charge is 0.334 e. The zero-order valence-corrected chi connectivity index (χ0v) is 17.9. The van der Waals surface area contributed by atoms with Gasteiger partial charge in [0.15, 0.2) is 16.4 Å². The molecular formula is C20H28N3O3S2+. The molecule has 0 saturated carbocycles. The third kappa shape index (κ3) is 4.23. The number of amides is 1. The van der Waals surface area contributed by atoms with Gasteiger partial charge in [-0.15, -0.1) is 11.3 Å². The molecule has 2 saturated heterocycles. The summed E-state index contributed by atoms with van der Waals surface area (Å²) in [5.41, 5.74) is 1.08. The minimum absolute atomic E-state index is 0.0954. The summed E-state index contributed by atoms with van der Waals surface area (Å²) < 4.78 is 24.8. The minimum Gasteiger partial charge on any atom is -0.334 e. The number of carbonyl (C=O) groups excluding carboxylic acids is 1. The number of hydrogen-bond donors (Lipinski definition) is 1. The molecule has 1 amide bonds. The Kier molecular flexibility index (Phi) is 5.71. The van der Waals surface area contributed by atoms with Crippen LogP contribution in [0.25, 0.3) is 10.2 Å². The van der Waals surface area contributed by atoms with Crippen molar-refractivity contribution < 1.29 is 18.1 Å². The van der Waals surface area contributed by atoms with Crippen molar-refractivity contribution in [3.05, 3.63) is 29.3 Å². The van der Waals surface area contributed by atoms with Gasteiger partial charge in [0, 0.05) is 31.3 Å². The number of benzene rings is 1. The van der Waals surface area contributed by atoms with Crippen molar-refractivity contribution in [1.29, 1.82) is 0 Å². The molecule has 4 rings (SSSR count). The molecule has 1 N–H and O–H groups in total. The smallest absolute Gasteiger partial charge is 0.278 e. The first-order valence-electron chi connectivity index (χ1n) is 10.1. The Bertz CT molecular complexity index is 916. The molecule has 0 aliphatic carbocycles. The molecule has 6 nitrogen and oxygen atoms in total. The molecule has 1 atom stereocenters. The lowest BCUT2D eigenvalue weighted by Crippen LogP contribution is -3.14. The number of fused-ring (bicyclic) bond motifs is 1. The Morgan fingerprint density at radius 2 is 2.00 bits per heavy atom. The average Bonchev–Trinajstić information content (AvgIpc) is 3.26. The fraction of sp³-hybridized carbons (Fsp3) is 0.600. The maximum atomic E-state index is 12.8. The highest BCUT2D eigenvalue weighted by molar-refractivity contribution is 7.91. The summed E-state index contributed by atoms with van der Waals surface area (Å²) in [6.45, 7) is 4.93. The van der Waals surface area contributed by atoms with Crippen LogP contribution in [0.2, 0.25) is 0 Å². The van der Waals surface area contributed by atoms with E-state index in [2.05, 4.69) is 18.2 Å². The molecule has 2 aromatic rings. The van der Waals surface area contributed by atoms with Crippen molar-refractivity contribution >= 4 is 37.3 Å². The highest BCUT2D eigenvalue weighted by Gasteiger charge is 2.35. The maximum absolute atomic E-state index is 12.8. The van der Waals surface area contributed by atoms with Crippen molar-refractivity contribution in [3.8, 4) is 0 Å². The van der Waals surface area contributed by atoms with E-state index in [1.54, 1.807) is 16.2 Å². The molecule has 152 valence electrons. The van der Waals surface area contributed by atoms with E-state index in [1.807, 2.05) is 13.0 Å². The van der Waals surface area contributed by atoms with Gasteiger partial charge in [-0.3, -0.25) is 4.79 Å². The standard InChI is InChI=1S/C20H27N3O3S2/c1-2-23(16-9-12-28(25,26)14-16)19(24)13-22-10-7-15(8-11-22)20-21-17-5-3-4-6-18(17)27-20/h3-6,15-16H,2,7-14H2,1H3/p+1/t16-/m0/s1. The summed E-state index contributed by atoms with van der Waals surface area (Å²) >= 11 is 1.79. The van der Waals surface area contributed by atoms with Gasteiger partial charge in [0.2, 0.25) is 0 Å². The highest BCUT2D eigenvalue weighted by atomic mass is 32.2. The number of quaternary nitrogens is 1. The van der Waals surface area contributed by atoms with Crippen LogP contribution in [0.4, 0.5) is 0 Å². The molecule has 2 aliphatic heterocycles. The Balaban J connectivity index is 1.32. The Hall–Kier alpha value is -1.51. The summed E-state index contributed by atoms with van der Waals surface area (Å²) in [4.78, 5) is 20.7. The van der Waals surface area contributed by atoms with E-state index >= 15 is 0 Å². The lowest BCUT2D eigenvalue weighted by molar-refractivity contribution is -0.897. The van der Waals surface area contributed by atoms with Crippen molar-refractivity contribution in [2.45, 2.75) is 38.1 Å². The lowest BCUT2D eigenvalue weighted by atomic mass is 9.97. The van der Waals surface area contributed by atoms with Crippen molar-refractivity contribution in [3.63, 3.8) is 0 Å². The van der Waals surface area contributed by atoms with E-state index in [4.69, 9.17) is 4.98 Å². The summed E-state index contributed by atoms with van der Waals surface area (Å²) in [6, 6.07) is 8.13. The first-order valence-corrected chi connectivity index (χ1v) is 12.8. The van der Waals surface area contributed by atoms with Crippen LogP contribution in [0, 0.1) is 0 Å². The van der Waals surface area contributed by atoms with Gasteiger partial charge in [0.25, 0.3) is 5.91 Å². The number of piperidine rings is 1. The van der Waals surface area contributed by atoms with E-state index in [0.29, 0.717) is 25.4 Å². The average molecular weight is 423 g/mol. The van der Waals surface area contributed by atoms with Gasteiger partial charge in [0.05, 0.1) is 39.8 Å². The minimum atomic E-state index is -2.97. The van der Waals surface area contributed by atoms with Crippen LogP contribution in [0.3, 0.4) is 0 Å². The second-order valence-electron chi connectivity index (χ2n) is 7.96. The Morgan fingerprint density at radius 3 is 2.64 bits per heavy atom. The molecular weight excluding hydrogens is 394 g/mol. The van der Waals surface area contributed by atoms with E-state index < -0.39 is 9.84 Å². The number of likely N-dealkylation sites (N-methyl/N-ethyl adjacent to an activating group) is 1. The van der Waals surface area contributed by atoms with Crippen molar-refractivity contribution in [2.24, 2.45) is 0 Å². The third-order valence-corrected chi connectivity index (χ3v) is 9.01. The summed E-state index contributed by atoms with van der Waals surface area (Å²) in [7, 11) is -2.97. The number of likely N-dealkylation sites (tertiary alicyclic amines) is 1. The molecule has 0 bridgehead atoms. The van der Waals surface area contributed by atoms with Crippen LogP contribution in [0.15, 0.2) is 24.3 Å². The van der Waals surface area contributed by atoms with Crippen LogP contribution < -0.4 is 4.90 Å². The molecule has 28 heavy (non-hydrogen) atoms. The van der Waals surface area contributed by atoms with Crippen LogP contribution in [-0.4, -0.2) is 67.9 Å². The van der Waals surface area contributed by atoms with Gasteiger partial charge in [-0.05, 0) is 25.5 Å². The fourth-order valence-electron chi connectivity index (χ4n) is 4.49. The SMILES string of the molecule is CCN(C(=O)C[NH+]1CCC(c2nc3ccccc3s2)CC1)[C@H]1CCS(=O)(=O)C1. The number of nitrogens with zero attached hydrogens (tertiary/aromatic N) is 2.